The van der Waals surface area contributed by atoms with E-state index in [1.165, 1.54) is 0 Å². The highest BCUT2D eigenvalue weighted by atomic mass is 79.9. The molecule has 0 saturated heterocycles. The highest BCUT2D eigenvalue weighted by Gasteiger charge is 2.08. The van der Waals surface area contributed by atoms with Crippen molar-refractivity contribution < 1.29 is 0 Å². The summed E-state index contributed by atoms with van der Waals surface area (Å²) in [5.74, 6) is 0. The van der Waals surface area contributed by atoms with Crippen LogP contribution in [0.15, 0.2) is 47.2 Å². The van der Waals surface area contributed by atoms with Gasteiger partial charge >= 0.3 is 0 Å². The van der Waals surface area contributed by atoms with Crippen LogP contribution in [-0.2, 0) is 0 Å². The van der Waals surface area contributed by atoms with Crippen LogP contribution in [0.25, 0.3) is 16.8 Å². The predicted octanol–water partition coefficient (Wildman–Crippen LogP) is 3.81. The van der Waals surface area contributed by atoms with Gasteiger partial charge in [-0.05, 0) is 23.8 Å². The molecule has 0 atom stereocenters. The van der Waals surface area contributed by atoms with Crippen molar-refractivity contribution in [2.45, 2.75) is 0 Å². The molecule has 0 aliphatic heterocycles. The van der Waals surface area contributed by atoms with Gasteiger partial charge in [-0.15, -0.1) is 0 Å². The van der Waals surface area contributed by atoms with Gasteiger partial charge in [-0.3, -0.25) is 0 Å². The number of hydrogen-bond donors (Lipinski definition) is 0. The minimum Gasteiger partial charge on any atom is -0.222 e. The third-order valence-electron chi connectivity index (χ3n) is 2.47. The van der Waals surface area contributed by atoms with Gasteiger partial charge in [0.15, 0.2) is 5.65 Å². The second-order valence-corrected chi connectivity index (χ2v) is 4.89. The highest BCUT2D eigenvalue weighted by molar-refractivity contribution is 9.10. The molecule has 5 heteroatoms. The zero-order valence-electron chi connectivity index (χ0n) is 8.64. The number of aromatic nitrogens is 3. The molecule has 2 heterocycles. The fourth-order valence-electron chi connectivity index (χ4n) is 1.71. The van der Waals surface area contributed by atoms with Crippen LogP contribution in [0, 0.1) is 0 Å². The molecule has 0 spiro atoms. The zero-order chi connectivity index (χ0) is 11.8. The van der Waals surface area contributed by atoms with E-state index in [2.05, 4.69) is 26.0 Å². The molecule has 3 aromatic rings. The lowest BCUT2D eigenvalue weighted by Crippen LogP contribution is -1.89. The van der Waals surface area contributed by atoms with Crippen molar-refractivity contribution in [1.82, 2.24) is 14.6 Å². The van der Waals surface area contributed by atoms with Crippen molar-refractivity contribution >= 4 is 33.2 Å². The van der Waals surface area contributed by atoms with Gasteiger partial charge in [-0.25, -0.2) is 9.50 Å². The Bertz CT molecular complexity index is 693. The summed E-state index contributed by atoms with van der Waals surface area (Å²) in [6.45, 7) is 0. The topological polar surface area (TPSA) is 30.2 Å². The van der Waals surface area contributed by atoms with Gasteiger partial charge in [0.25, 0.3) is 0 Å². The standard InChI is InChI=1S/C12H7BrClN3/c13-9-3-1-2-8(6-9)10-7-15-17-5-4-11(14)16-12(10)17/h1-7H. The normalized spacial score (nSPS) is 10.9. The average Bonchev–Trinajstić information content (AvgIpc) is 2.71. The molecule has 0 N–H and O–H groups in total. The first kappa shape index (κ1) is 10.7. The Morgan fingerprint density at radius 1 is 1.24 bits per heavy atom. The minimum atomic E-state index is 0.467. The van der Waals surface area contributed by atoms with Gasteiger partial charge in [0.1, 0.15) is 5.15 Å². The van der Waals surface area contributed by atoms with E-state index in [9.17, 15) is 0 Å². The number of fused-ring (bicyclic) bond motifs is 1. The fourth-order valence-corrected chi connectivity index (χ4v) is 2.24. The highest BCUT2D eigenvalue weighted by Crippen LogP contribution is 2.26. The van der Waals surface area contributed by atoms with Gasteiger partial charge in [0.05, 0.1) is 6.20 Å². The van der Waals surface area contributed by atoms with Crippen LogP contribution < -0.4 is 0 Å². The fraction of sp³-hybridized carbons (Fsp3) is 0. The van der Waals surface area contributed by atoms with E-state index in [1.807, 2.05) is 24.3 Å². The van der Waals surface area contributed by atoms with Crippen LogP contribution in [-0.4, -0.2) is 14.6 Å². The molecule has 0 saturated carbocycles. The monoisotopic (exact) mass is 307 g/mol. The summed E-state index contributed by atoms with van der Waals surface area (Å²) in [6.07, 6.45) is 3.59. The van der Waals surface area contributed by atoms with E-state index < -0.39 is 0 Å². The summed E-state index contributed by atoms with van der Waals surface area (Å²) in [5, 5.41) is 4.71. The lowest BCUT2D eigenvalue weighted by Gasteiger charge is -1.99. The molecular formula is C12H7BrClN3. The SMILES string of the molecule is Clc1ccn2ncc(-c3cccc(Br)c3)c2n1. The van der Waals surface area contributed by atoms with Crippen molar-refractivity contribution in [2.24, 2.45) is 0 Å². The number of nitrogens with zero attached hydrogens (tertiary/aromatic N) is 3. The summed E-state index contributed by atoms with van der Waals surface area (Å²) in [6, 6.07) is 9.72. The molecule has 17 heavy (non-hydrogen) atoms. The quantitative estimate of drug-likeness (QED) is 0.640. The van der Waals surface area contributed by atoms with Gasteiger partial charge in [0.2, 0.25) is 0 Å². The van der Waals surface area contributed by atoms with Crippen LogP contribution in [0.1, 0.15) is 0 Å². The molecule has 0 amide bonds. The Kier molecular flexibility index (Phi) is 2.61. The van der Waals surface area contributed by atoms with Gasteiger partial charge in [0, 0.05) is 16.2 Å². The van der Waals surface area contributed by atoms with E-state index in [0.717, 1.165) is 21.2 Å². The molecule has 3 nitrogen and oxygen atoms in total. The molecular weight excluding hydrogens is 302 g/mol. The van der Waals surface area contributed by atoms with Crippen LogP contribution in [0.3, 0.4) is 0 Å². The molecule has 0 unspecified atom stereocenters. The maximum absolute atomic E-state index is 5.90. The van der Waals surface area contributed by atoms with E-state index in [4.69, 9.17) is 11.6 Å². The minimum absolute atomic E-state index is 0.467. The van der Waals surface area contributed by atoms with Crippen LogP contribution in [0.5, 0.6) is 0 Å². The lowest BCUT2D eigenvalue weighted by atomic mass is 10.1. The van der Waals surface area contributed by atoms with E-state index in [-0.39, 0.29) is 0 Å². The number of benzene rings is 1. The molecule has 0 fully saturated rings. The third kappa shape index (κ3) is 1.94. The molecule has 3 rings (SSSR count). The zero-order valence-corrected chi connectivity index (χ0v) is 11.0. The van der Waals surface area contributed by atoms with Crippen molar-refractivity contribution in [3.63, 3.8) is 0 Å². The van der Waals surface area contributed by atoms with E-state index in [1.54, 1.807) is 23.0 Å². The first-order valence-corrected chi connectivity index (χ1v) is 6.17. The smallest absolute Gasteiger partial charge is 0.164 e. The van der Waals surface area contributed by atoms with Crippen LogP contribution >= 0.6 is 27.5 Å². The van der Waals surface area contributed by atoms with Crippen molar-refractivity contribution in [3.8, 4) is 11.1 Å². The summed E-state index contributed by atoms with van der Waals surface area (Å²) in [4.78, 5) is 4.29. The van der Waals surface area contributed by atoms with Crippen molar-refractivity contribution in [2.75, 3.05) is 0 Å². The summed E-state index contributed by atoms with van der Waals surface area (Å²) in [5.41, 5.74) is 2.79. The molecule has 1 aromatic carbocycles. The Labute approximate surface area is 111 Å². The van der Waals surface area contributed by atoms with E-state index >= 15 is 0 Å². The maximum atomic E-state index is 5.90. The second-order valence-electron chi connectivity index (χ2n) is 3.59. The Hall–Kier alpha value is -1.39. The van der Waals surface area contributed by atoms with Gasteiger partial charge in [-0.1, -0.05) is 39.7 Å². The summed E-state index contributed by atoms with van der Waals surface area (Å²) < 4.78 is 2.73. The first-order valence-electron chi connectivity index (χ1n) is 5.00. The molecule has 0 aliphatic carbocycles. The van der Waals surface area contributed by atoms with Gasteiger partial charge < -0.3 is 0 Å². The molecule has 0 aliphatic rings. The molecule has 84 valence electrons. The number of hydrogen-bond acceptors (Lipinski definition) is 2. The number of rotatable bonds is 1. The van der Waals surface area contributed by atoms with Crippen LogP contribution in [0.2, 0.25) is 5.15 Å². The Morgan fingerprint density at radius 2 is 2.12 bits per heavy atom. The lowest BCUT2D eigenvalue weighted by molar-refractivity contribution is 0.939. The number of halogens is 2. The van der Waals surface area contributed by atoms with Crippen LogP contribution in [0.4, 0.5) is 0 Å². The summed E-state index contributed by atoms with van der Waals surface area (Å²) in [7, 11) is 0. The Morgan fingerprint density at radius 3 is 2.94 bits per heavy atom. The van der Waals surface area contributed by atoms with E-state index in [0.29, 0.717) is 5.15 Å². The summed E-state index contributed by atoms with van der Waals surface area (Å²) >= 11 is 9.36. The van der Waals surface area contributed by atoms with Crippen molar-refractivity contribution in [3.05, 3.63) is 52.4 Å². The first-order chi connectivity index (χ1) is 8.24. The van der Waals surface area contributed by atoms with Gasteiger partial charge in [-0.2, -0.15) is 5.10 Å². The maximum Gasteiger partial charge on any atom is 0.164 e. The molecule has 2 aromatic heterocycles. The predicted molar refractivity (Wildman–Crippen MR) is 71.1 cm³/mol. The molecule has 0 radical (unpaired) electrons. The molecule has 0 bridgehead atoms. The largest absolute Gasteiger partial charge is 0.222 e. The third-order valence-corrected chi connectivity index (χ3v) is 3.17. The average molecular weight is 309 g/mol. The van der Waals surface area contributed by atoms with Crippen molar-refractivity contribution in [1.29, 1.82) is 0 Å². The second kappa shape index (κ2) is 4.13. The Balaban J connectivity index is 2.27.